The van der Waals surface area contributed by atoms with Crippen LogP contribution in [0.3, 0.4) is 0 Å². The Bertz CT molecular complexity index is 520. The third-order valence-electron chi connectivity index (χ3n) is 1.42. The van der Waals surface area contributed by atoms with Gasteiger partial charge < -0.3 is 0 Å². The Kier molecular flexibility index (Phi) is 7.27. The Morgan fingerprint density at radius 2 is 2.11 bits per heavy atom. The number of rotatable bonds is 4. The van der Waals surface area contributed by atoms with E-state index in [2.05, 4.69) is 4.72 Å². The molecule has 0 saturated carbocycles. The van der Waals surface area contributed by atoms with Crippen LogP contribution in [0.1, 0.15) is 0 Å². The molecule has 0 aliphatic rings. The van der Waals surface area contributed by atoms with Gasteiger partial charge in [-0.05, 0) is 16.7 Å². The first kappa shape index (κ1) is 16.6. The van der Waals surface area contributed by atoms with Gasteiger partial charge >= 0.3 is 0 Å². The second kappa shape index (κ2) is 7.87. The van der Waals surface area contributed by atoms with Crippen molar-refractivity contribution < 1.29 is 22.7 Å². The number of amides is 1. The first-order valence-electron chi connectivity index (χ1n) is 4.01. The number of hydrogen-bond acceptors (Lipinski definition) is 6. The smallest absolute Gasteiger partial charge is 0.289 e. The van der Waals surface area contributed by atoms with Crippen molar-refractivity contribution in [2.45, 2.75) is 4.90 Å². The van der Waals surface area contributed by atoms with Gasteiger partial charge in [0.15, 0.2) is 0 Å². The van der Waals surface area contributed by atoms with E-state index in [4.69, 9.17) is 15.2 Å². The van der Waals surface area contributed by atoms with Crippen molar-refractivity contribution in [3.63, 3.8) is 0 Å². The van der Waals surface area contributed by atoms with E-state index in [9.17, 15) is 23.3 Å². The fraction of sp³-hybridized carbons (Fsp3) is 0. The minimum Gasteiger partial charge on any atom is -0.289 e. The number of carbonyl (C=O) groups excluding carboxylic acids is 1. The fourth-order valence-corrected chi connectivity index (χ4v) is 1.44. The molecule has 1 aromatic rings. The molecule has 0 unspecified atom stereocenters. The van der Waals surface area contributed by atoms with Crippen LogP contribution in [0, 0.1) is 10.1 Å². The van der Waals surface area contributed by atoms with Crippen LogP contribution in [0.4, 0.5) is 5.69 Å². The Labute approximate surface area is 111 Å². The molecule has 11 heteroatoms. The zero-order chi connectivity index (χ0) is 14.2. The number of nitrogens with zero attached hydrogens (tertiary/aromatic N) is 1. The van der Waals surface area contributed by atoms with E-state index < -0.39 is 19.9 Å². The van der Waals surface area contributed by atoms with Crippen molar-refractivity contribution in [1.82, 2.24) is 4.72 Å². The highest BCUT2D eigenvalue weighted by Gasteiger charge is 2.13. The van der Waals surface area contributed by atoms with E-state index in [0.29, 0.717) is 6.41 Å². The lowest BCUT2D eigenvalue weighted by atomic mass is 10.3. The Hall–Kier alpha value is -1.36. The predicted octanol–water partition coefficient (Wildman–Crippen LogP) is 1.38. The summed E-state index contributed by atoms with van der Waals surface area (Å²) < 4.78 is 31.7. The lowest BCUT2D eigenvalue weighted by Crippen LogP contribution is -1.98. The maximum absolute atomic E-state index is 10.5. The van der Waals surface area contributed by atoms with Crippen LogP contribution in [0.2, 0.25) is 0 Å². The second-order valence-electron chi connectivity index (χ2n) is 2.54. The minimum atomic E-state index is -4.36. The van der Waals surface area contributed by atoms with Gasteiger partial charge in [0, 0.05) is 12.1 Å². The van der Waals surface area contributed by atoms with Gasteiger partial charge in [0.25, 0.3) is 15.8 Å². The molecule has 100 valence electrons. The van der Waals surface area contributed by atoms with Crippen molar-refractivity contribution in [2.24, 2.45) is 0 Å². The fourth-order valence-electron chi connectivity index (χ4n) is 0.776. The Balaban J connectivity index is 0.000000494. The van der Waals surface area contributed by atoms with Crippen molar-refractivity contribution >= 4 is 44.1 Å². The zero-order valence-corrected chi connectivity index (χ0v) is 10.9. The molecule has 0 aliphatic carbocycles. The summed E-state index contributed by atoms with van der Waals surface area (Å²) in [5, 5.41) is 10.2. The molecule has 0 fully saturated rings. The monoisotopic (exact) mass is 314 g/mol. The third kappa shape index (κ3) is 6.39. The molecule has 0 bridgehead atoms. The standard InChI is InChI=1S/C6H5NO5S.CH2ClNOS/c8-7(9)5-2-1-3-6(4-5)13(10,11)12;2-5-3-1-4/h1-4H,(H,10,11,12);1H,(H,3,4). The molecule has 18 heavy (non-hydrogen) atoms. The minimum absolute atomic E-state index is 0.380. The quantitative estimate of drug-likeness (QED) is 0.282. The summed E-state index contributed by atoms with van der Waals surface area (Å²) in [6, 6.07) is 4.17. The van der Waals surface area contributed by atoms with Gasteiger partial charge in [0.2, 0.25) is 6.41 Å². The first-order chi connectivity index (χ1) is 8.32. The molecule has 0 spiro atoms. The highest BCUT2D eigenvalue weighted by molar-refractivity contribution is 8.19. The van der Waals surface area contributed by atoms with Gasteiger partial charge in [0.05, 0.1) is 16.1 Å². The maximum Gasteiger partial charge on any atom is 0.294 e. The average molecular weight is 315 g/mol. The summed E-state index contributed by atoms with van der Waals surface area (Å²) in [5.74, 6) is 0. The predicted molar refractivity (Wildman–Crippen MR) is 65.6 cm³/mol. The number of nitrogens with one attached hydrogen (secondary N) is 1. The summed E-state index contributed by atoms with van der Waals surface area (Å²) >= 11 is 0.756. The molecular formula is C7H7ClN2O6S2. The van der Waals surface area contributed by atoms with E-state index >= 15 is 0 Å². The highest BCUT2D eigenvalue weighted by atomic mass is 35.7. The number of nitro benzene ring substituents is 1. The summed E-state index contributed by atoms with van der Waals surface area (Å²) in [6.07, 6.45) is 0.512. The van der Waals surface area contributed by atoms with Gasteiger partial charge in [-0.1, -0.05) is 6.07 Å². The summed E-state index contributed by atoms with van der Waals surface area (Å²) in [6.45, 7) is 0. The van der Waals surface area contributed by atoms with Gasteiger partial charge in [-0.15, -0.1) is 0 Å². The maximum atomic E-state index is 10.5. The second-order valence-corrected chi connectivity index (χ2v) is 4.82. The van der Waals surface area contributed by atoms with E-state index in [1.807, 2.05) is 0 Å². The summed E-state index contributed by atoms with van der Waals surface area (Å²) in [4.78, 5) is 18.2. The number of halogens is 1. The molecular weight excluding hydrogens is 308 g/mol. The van der Waals surface area contributed by atoms with Crippen LogP contribution < -0.4 is 4.72 Å². The van der Waals surface area contributed by atoms with Gasteiger partial charge in [0.1, 0.15) is 4.90 Å². The number of carbonyl (C=O) groups is 1. The van der Waals surface area contributed by atoms with Gasteiger partial charge in [-0.2, -0.15) is 8.42 Å². The van der Waals surface area contributed by atoms with Gasteiger partial charge in [-0.3, -0.25) is 24.2 Å². The molecule has 0 heterocycles. The summed E-state index contributed by atoms with van der Waals surface area (Å²) in [5.41, 5.74) is -0.380. The van der Waals surface area contributed by atoms with Crippen LogP contribution in [0.15, 0.2) is 29.2 Å². The van der Waals surface area contributed by atoms with Crippen molar-refractivity contribution in [3.05, 3.63) is 34.4 Å². The Morgan fingerprint density at radius 1 is 1.50 bits per heavy atom. The molecule has 1 amide bonds. The molecule has 1 rings (SSSR count). The third-order valence-corrected chi connectivity index (χ3v) is 2.72. The van der Waals surface area contributed by atoms with Crippen molar-refractivity contribution in [3.8, 4) is 0 Å². The van der Waals surface area contributed by atoms with Crippen LogP contribution in [0.25, 0.3) is 0 Å². The molecule has 0 saturated heterocycles. The van der Waals surface area contributed by atoms with E-state index in [1.165, 1.54) is 6.07 Å². The van der Waals surface area contributed by atoms with E-state index in [-0.39, 0.29) is 5.69 Å². The van der Waals surface area contributed by atoms with Crippen LogP contribution in [-0.4, -0.2) is 24.3 Å². The van der Waals surface area contributed by atoms with Gasteiger partial charge in [-0.25, -0.2) is 0 Å². The topological polar surface area (TPSA) is 127 Å². The molecule has 0 aliphatic heterocycles. The SMILES string of the molecule is O=CNSCl.O=[N+]([O-])c1cccc(S(=O)(=O)O)c1. The van der Waals surface area contributed by atoms with Crippen LogP contribution in [0.5, 0.6) is 0 Å². The number of nitro groups is 1. The Morgan fingerprint density at radius 3 is 2.44 bits per heavy atom. The van der Waals surface area contributed by atoms with E-state index in [0.717, 1.165) is 29.4 Å². The molecule has 2 N–H and O–H groups in total. The largest absolute Gasteiger partial charge is 0.294 e. The average Bonchev–Trinajstić information content (AvgIpc) is 2.30. The molecule has 0 radical (unpaired) electrons. The lowest BCUT2D eigenvalue weighted by Gasteiger charge is -1.95. The molecule has 8 nitrogen and oxygen atoms in total. The van der Waals surface area contributed by atoms with E-state index in [1.54, 1.807) is 0 Å². The van der Waals surface area contributed by atoms with Crippen molar-refractivity contribution in [2.75, 3.05) is 0 Å². The lowest BCUT2D eigenvalue weighted by molar-refractivity contribution is -0.385. The normalized spacial score (nSPS) is 9.89. The number of hydrogen-bond donors (Lipinski definition) is 2. The molecule has 0 aromatic heterocycles. The number of non-ortho nitro benzene ring substituents is 1. The molecule has 0 atom stereocenters. The highest BCUT2D eigenvalue weighted by Crippen LogP contribution is 2.16. The van der Waals surface area contributed by atoms with Crippen molar-refractivity contribution in [1.29, 1.82) is 0 Å². The zero-order valence-electron chi connectivity index (χ0n) is 8.52. The number of benzene rings is 1. The first-order valence-corrected chi connectivity index (χ1v) is 7.10. The summed E-state index contributed by atoms with van der Waals surface area (Å²) in [7, 11) is 0.513. The molecule has 1 aromatic carbocycles. The van der Waals surface area contributed by atoms with Crippen LogP contribution >= 0.6 is 21.8 Å². The van der Waals surface area contributed by atoms with Crippen LogP contribution in [-0.2, 0) is 14.9 Å².